The summed E-state index contributed by atoms with van der Waals surface area (Å²) in [5.41, 5.74) is 8.40. The van der Waals surface area contributed by atoms with Crippen LogP contribution in [0, 0.1) is 13.8 Å². The molecule has 4 rings (SSSR count). The Kier molecular flexibility index (Phi) is 12.1. The van der Waals surface area contributed by atoms with Crippen LogP contribution >= 0.6 is 0 Å². The van der Waals surface area contributed by atoms with Gasteiger partial charge in [-0.2, -0.15) is 0 Å². The van der Waals surface area contributed by atoms with Crippen molar-refractivity contribution in [2.45, 2.75) is 105 Å². The fourth-order valence-electron chi connectivity index (χ4n) is 3.84. The second-order valence-electron chi connectivity index (χ2n) is 13.5. The van der Waals surface area contributed by atoms with E-state index in [1.165, 1.54) is 5.56 Å². The maximum Gasteiger partial charge on any atom is 0.519 e. The maximum atomic E-state index is 11.7. The summed E-state index contributed by atoms with van der Waals surface area (Å²) in [5.74, 6) is 1.80. The van der Waals surface area contributed by atoms with Crippen LogP contribution in [0.1, 0.15) is 96.7 Å². The standard InChI is InChI=1S/C14H19NO3.C10H18O5.C9H11NO/c1-9-5-6-10-11(8-17-12(10)7-9)15-13(16)18-14(2,3)4;1-9(2,3)14-7(11)13-8(12)15-10(4,5)6;1-6-2-3-7-8(10)5-11-9(7)4-6/h5-7,11H,8H2,1-4H3,(H,15,16);1-6H3;2-4,8H,5,10H2,1H3/t11-;;8-/m1.1/s1. The van der Waals surface area contributed by atoms with E-state index < -0.39 is 35.2 Å². The number of ether oxygens (including phenoxy) is 6. The Bertz CT molecular complexity index is 1280. The van der Waals surface area contributed by atoms with E-state index in [4.69, 9.17) is 29.4 Å². The molecule has 11 heteroatoms. The molecule has 0 saturated heterocycles. The largest absolute Gasteiger partial charge is 0.519 e. The third-order valence-electron chi connectivity index (χ3n) is 5.57. The highest BCUT2D eigenvalue weighted by atomic mass is 16.8. The minimum atomic E-state index is -1.06. The van der Waals surface area contributed by atoms with Gasteiger partial charge in [-0.15, -0.1) is 0 Å². The van der Waals surface area contributed by atoms with Crippen molar-refractivity contribution < 1.29 is 42.8 Å². The number of amides is 1. The van der Waals surface area contributed by atoms with Crippen molar-refractivity contribution in [2.75, 3.05) is 13.2 Å². The first-order valence-electron chi connectivity index (χ1n) is 14.5. The predicted octanol–water partition coefficient (Wildman–Crippen LogP) is 7.21. The number of nitrogens with two attached hydrogens (primary N) is 1. The number of benzene rings is 2. The Hall–Kier alpha value is -3.99. The lowest BCUT2D eigenvalue weighted by molar-refractivity contribution is -0.0294. The first kappa shape index (κ1) is 36.2. The van der Waals surface area contributed by atoms with Crippen LogP contribution in [0.5, 0.6) is 11.5 Å². The van der Waals surface area contributed by atoms with Gasteiger partial charge < -0.3 is 39.5 Å². The van der Waals surface area contributed by atoms with Crippen LogP contribution in [-0.4, -0.2) is 48.4 Å². The molecule has 2 atom stereocenters. The van der Waals surface area contributed by atoms with Gasteiger partial charge in [0.2, 0.25) is 0 Å². The molecule has 0 radical (unpaired) electrons. The first-order chi connectivity index (χ1) is 20.1. The molecule has 3 N–H and O–H groups in total. The van der Waals surface area contributed by atoms with Crippen molar-refractivity contribution in [3.8, 4) is 11.5 Å². The minimum absolute atomic E-state index is 0.0746. The van der Waals surface area contributed by atoms with Crippen molar-refractivity contribution >= 4 is 18.4 Å². The minimum Gasteiger partial charge on any atom is -0.491 e. The van der Waals surface area contributed by atoms with Gasteiger partial charge in [-0.1, -0.05) is 24.3 Å². The molecule has 0 aliphatic carbocycles. The third-order valence-corrected chi connectivity index (χ3v) is 5.57. The van der Waals surface area contributed by atoms with Crippen molar-refractivity contribution in [2.24, 2.45) is 5.73 Å². The second-order valence-corrected chi connectivity index (χ2v) is 13.5. The SMILES string of the molecule is CC(C)(C)OC(=O)OC(=O)OC(C)(C)C.Cc1ccc2c(c1)OC[C@H]2N.Cc1ccc2c(c1)OC[C@H]2NC(=O)OC(C)(C)C. The van der Waals surface area contributed by atoms with Crippen LogP contribution in [0.2, 0.25) is 0 Å². The van der Waals surface area contributed by atoms with Crippen molar-refractivity contribution in [3.05, 3.63) is 58.7 Å². The summed E-state index contributed by atoms with van der Waals surface area (Å²) < 4.78 is 30.0. The number of hydrogen-bond donors (Lipinski definition) is 2. The van der Waals surface area contributed by atoms with Crippen molar-refractivity contribution in [3.63, 3.8) is 0 Å². The van der Waals surface area contributed by atoms with Crippen LogP contribution in [0.15, 0.2) is 36.4 Å². The Balaban J connectivity index is 0.000000237. The normalized spacial score (nSPS) is 16.6. The molecule has 0 fully saturated rings. The van der Waals surface area contributed by atoms with Crippen LogP contribution in [-0.2, 0) is 18.9 Å². The van der Waals surface area contributed by atoms with Gasteiger partial charge in [0.1, 0.15) is 41.5 Å². The summed E-state index contributed by atoms with van der Waals surface area (Å²) in [6.07, 6.45) is -2.53. The van der Waals surface area contributed by atoms with Crippen LogP contribution < -0.4 is 20.5 Å². The zero-order valence-electron chi connectivity index (χ0n) is 27.8. The van der Waals surface area contributed by atoms with Crippen LogP contribution in [0.3, 0.4) is 0 Å². The lowest BCUT2D eigenvalue weighted by atomic mass is 10.1. The van der Waals surface area contributed by atoms with Crippen LogP contribution in [0.4, 0.5) is 14.4 Å². The number of aryl methyl sites for hydroxylation is 2. The molecular formula is C33H48N2O9. The molecule has 2 aromatic rings. The summed E-state index contributed by atoms with van der Waals surface area (Å²) in [4.78, 5) is 33.7. The van der Waals surface area contributed by atoms with E-state index >= 15 is 0 Å². The highest BCUT2D eigenvalue weighted by Crippen LogP contribution is 2.33. The van der Waals surface area contributed by atoms with Gasteiger partial charge in [-0.3, -0.25) is 0 Å². The summed E-state index contributed by atoms with van der Waals surface area (Å²) in [5, 5.41) is 2.82. The number of nitrogens with one attached hydrogen (secondary N) is 1. The third kappa shape index (κ3) is 13.1. The summed E-state index contributed by atoms with van der Waals surface area (Å²) >= 11 is 0. The lowest BCUT2D eigenvalue weighted by Crippen LogP contribution is -2.35. The van der Waals surface area contributed by atoms with E-state index in [2.05, 4.69) is 16.1 Å². The van der Waals surface area contributed by atoms with Gasteiger partial charge >= 0.3 is 18.4 Å². The molecule has 2 aromatic carbocycles. The number of fused-ring (bicyclic) bond motifs is 2. The number of rotatable bonds is 1. The molecule has 2 aliphatic heterocycles. The highest BCUT2D eigenvalue weighted by Gasteiger charge is 2.28. The lowest BCUT2D eigenvalue weighted by Gasteiger charge is -2.21. The number of hydrogen-bond acceptors (Lipinski definition) is 10. The monoisotopic (exact) mass is 616 g/mol. The van der Waals surface area contributed by atoms with E-state index in [-0.39, 0.29) is 12.1 Å². The summed E-state index contributed by atoms with van der Waals surface area (Å²) in [6.45, 7) is 20.7. The Morgan fingerprint density at radius 3 is 1.61 bits per heavy atom. The average molecular weight is 617 g/mol. The van der Waals surface area contributed by atoms with Gasteiger partial charge in [0, 0.05) is 11.1 Å². The van der Waals surface area contributed by atoms with E-state index in [0.717, 1.165) is 28.2 Å². The average Bonchev–Trinajstić information content (AvgIpc) is 3.38. The fraction of sp³-hybridized carbons (Fsp3) is 0.545. The molecule has 2 aliphatic rings. The molecular weight excluding hydrogens is 568 g/mol. The van der Waals surface area contributed by atoms with Crippen molar-refractivity contribution in [1.29, 1.82) is 0 Å². The Morgan fingerprint density at radius 1 is 0.705 bits per heavy atom. The second kappa shape index (κ2) is 14.7. The van der Waals surface area contributed by atoms with Gasteiger partial charge in [0.15, 0.2) is 0 Å². The predicted molar refractivity (Wildman–Crippen MR) is 166 cm³/mol. The molecule has 2 heterocycles. The van der Waals surface area contributed by atoms with E-state index in [0.29, 0.717) is 13.2 Å². The Morgan fingerprint density at radius 2 is 1.14 bits per heavy atom. The smallest absolute Gasteiger partial charge is 0.491 e. The fourth-order valence-corrected chi connectivity index (χ4v) is 3.84. The number of carbonyl (C=O) groups excluding carboxylic acids is 3. The van der Waals surface area contributed by atoms with Gasteiger partial charge in [0.05, 0.1) is 12.1 Å². The molecule has 11 nitrogen and oxygen atoms in total. The topological polar surface area (TPSA) is 145 Å². The number of carbonyl (C=O) groups is 3. The zero-order chi connectivity index (χ0) is 33.5. The number of alkyl carbamates (subject to hydrolysis) is 1. The zero-order valence-corrected chi connectivity index (χ0v) is 27.8. The molecule has 0 unspecified atom stereocenters. The Labute approximate surface area is 260 Å². The first-order valence-corrected chi connectivity index (χ1v) is 14.5. The molecule has 44 heavy (non-hydrogen) atoms. The maximum absolute atomic E-state index is 11.7. The summed E-state index contributed by atoms with van der Waals surface area (Å²) in [7, 11) is 0. The molecule has 0 aromatic heterocycles. The highest BCUT2D eigenvalue weighted by molar-refractivity contribution is 5.77. The van der Waals surface area contributed by atoms with Crippen LogP contribution in [0.25, 0.3) is 0 Å². The van der Waals surface area contributed by atoms with Gasteiger partial charge in [-0.25, -0.2) is 14.4 Å². The quantitative estimate of drug-likeness (QED) is 0.191. The van der Waals surface area contributed by atoms with Gasteiger partial charge in [-0.05, 0) is 99.4 Å². The molecule has 244 valence electrons. The molecule has 0 saturated carbocycles. The molecule has 0 spiro atoms. The molecule has 0 bridgehead atoms. The molecule has 1 amide bonds. The van der Waals surface area contributed by atoms with E-state index in [1.807, 2.05) is 65.0 Å². The van der Waals surface area contributed by atoms with E-state index in [1.54, 1.807) is 41.5 Å². The van der Waals surface area contributed by atoms with E-state index in [9.17, 15) is 14.4 Å². The van der Waals surface area contributed by atoms with Crippen molar-refractivity contribution in [1.82, 2.24) is 5.32 Å². The van der Waals surface area contributed by atoms with Gasteiger partial charge in [0.25, 0.3) is 0 Å². The summed E-state index contributed by atoms with van der Waals surface area (Å²) in [6, 6.07) is 12.1.